The normalized spacial score (nSPS) is 29.5. The fourth-order valence-electron chi connectivity index (χ4n) is 3.39. The van der Waals surface area contributed by atoms with Crippen LogP contribution in [0.15, 0.2) is 0 Å². The number of hydrogen-bond acceptors (Lipinski definition) is 4. The smallest absolute Gasteiger partial charge is 0.0247 e. The largest absolute Gasteiger partial charge is 0.316 e. The van der Waals surface area contributed by atoms with Crippen molar-refractivity contribution in [3.63, 3.8) is 0 Å². The van der Waals surface area contributed by atoms with Crippen LogP contribution in [0.25, 0.3) is 0 Å². The summed E-state index contributed by atoms with van der Waals surface area (Å²) in [4.78, 5) is 7.79. The van der Waals surface area contributed by atoms with E-state index in [-0.39, 0.29) is 0 Å². The minimum Gasteiger partial charge on any atom is -0.316 e. The first kappa shape index (κ1) is 15.2. The SMILES string of the molecule is CNC(C)C1CCCCN1CCN1CCN(C)CC1. The summed E-state index contributed by atoms with van der Waals surface area (Å²) < 4.78 is 0. The highest BCUT2D eigenvalue weighted by molar-refractivity contribution is 4.85. The van der Waals surface area contributed by atoms with E-state index in [2.05, 4.69) is 41.0 Å². The predicted molar refractivity (Wildman–Crippen MR) is 81.7 cm³/mol. The van der Waals surface area contributed by atoms with E-state index in [1.165, 1.54) is 65.1 Å². The Hall–Kier alpha value is -0.160. The second-order valence-electron chi connectivity index (χ2n) is 6.32. The van der Waals surface area contributed by atoms with Crippen molar-refractivity contribution in [3.8, 4) is 0 Å². The van der Waals surface area contributed by atoms with Crippen LogP contribution in [0.2, 0.25) is 0 Å². The molecule has 0 radical (unpaired) electrons. The molecule has 112 valence electrons. The molecule has 0 saturated carbocycles. The zero-order valence-electron chi connectivity index (χ0n) is 13.1. The Morgan fingerprint density at radius 3 is 2.47 bits per heavy atom. The molecule has 0 amide bonds. The Morgan fingerprint density at radius 1 is 1.05 bits per heavy atom. The van der Waals surface area contributed by atoms with Gasteiger partial charge in [0, 0.05) is 51.4 Å². The summed E-state index contributed by atoms with van der Waals surface area (Å²) in [6.07, 6.45) is 4.15. The summed E-state index contributed by atoms with van der Waals surface area (Å²) in [5.74, 6) is 0. The molecule has 0 aromatic carbocycles. The molecule has 4 nitrogen and oxygen atoms in total. The number of hydrogen-bond donors (Lipinski definition) is 1. The topological polar surface area (TPSA) is 21.8 Å². The molecule has 19 heavy (non-hydrogen) atoms. The minimum atomic E-state index is 0.618. The summed E-state index contributed by atoms with van der Waals surface area (Å²) in [7, 11) is 4.32. The van der Waals surface area contributed by atoms with Crippen molar-refractivity contribution >= 4 is 0 Å². The van der Waals surface area contributed by atoms with Gasteiger partial charge in [-0.1, -0.05) is 6.42 Å². The number of piperidine rings is 1. The molecular formula is C15H32N4. The summed E-state index contributed by atoms with van der Waals surface area (Å²) in [5.41, 5.74) is 0. The number of rotatable bonds is 5. The molecule has 2 atom stereocenters. The van der Waals surface area contributed by atoms with Crippen LogP contribution in [0.3, 0.4) is 0 Å². The van der Waals surface area contributed by atoms with Crippen LogP contribution < -0.4 is 5.32 Å². The van der Waals surface area contributed by atoms with E-state index in [1.54, 1.807) is 0 Å². The van der Waals surface area contributed by atoms with E-state index in [0.717, 1.165) is 6.04 Å². The highest BCUT2D eigenvalue weighted by Crippen LogP contribution is 2.19. The molecule has 2 heterocycles. The first-order chi connectivity index (χ1) is 9.20. The average Bonchev–Trinajstić information content (AvgIpc) is 2.46. The Balaban J connectivity index is 1.76. The Labute approximate surface area is 119 Å². The standard InChI is InChI=1S/C15H32N4/c1-14(16-2)15-6-4-5-7-19(15)13-12-18-10-8-17(3)9-11-18/h14-16H,4-13H2,1-3H3. The Bertz CT molecular complexity index is 251. The van der Waals surface area contributed by atoms with Gasteiger partial charge in [-0.05, 0) is 40.4 Å². The van der Waals surface area contributed by atoms with E-state index in [1.807, 2.05) is 0 Å². The van der Waals surface area contributed by atoms with Gasteiger partial charge >= 0.3 is 0 Å². The van der Waals surface area contributed by atoms with Crippen molar-refractivity contribution in [2.24, 2.45) is 0 Å². The number of nitrogens with one attached hydrogen (secondary N) is 1. The lowest BCUT2D eigenvalue weighted by Gasteiger charge is -2.41. The quantitative estimate of drug-likeness (QED) is 0.792. The van der Waals surface area contributed by atoms with Gasteiger partial charge < -0.3 is 10.2 Å². The van der Waals surface area contributed by atoms with Gasteiger partial charge in [0.15, 0.2) is 0 Å². The van der Waals surface area contributed by atoms with Crippen LogP contribution in [0.4, 0.5) is 0 Å². The summed E-state index contributed by atoms with van der Waals surface area (Å²) in [5, 5.41) is 3.45. The van der Waals surface area contributed by atoms with Crippen LogP contribution in [0, 0.1) is 0 Å². The Morgan fingerprint density at radius 2 is 1.79 bits per heavy atom. The van der Waals surface area contributed by atoms with Gasteiger partial charge in [-0.2, -0.15) is 0 Å². The third kappa shape index (κ3) is 4.42. The number of piperazine rings is 1. The maximum absolute atomic E-state index is 3.45. The molecule has 1 N–H and O–H groups in total. The monoisotopic (exact) mass is 268 g/mol. The van der Waals surface area contributed by atoms with Gasteiger partial charge in [0.25, 0.3) is 0 Å². The molecule has 0 spiro atoms. The molecule has 0 aromatic heterocycles. The molecule has 2 unspecified atom stereocenters. The van der Waals surface area contributed by atoms with E-state index in [0.29, 0.717) is 6.04 Å². The maximum Gasteiger partial charge on any atom is 0.0247 e. The van der Waals surface area contributed by atoms with Crippen LogP contribution in [-0.4, -0.2) is 86.7 Å². The van der Waals surface area contributed by atoms with Gasteiger partial charge in [0.1, 0.15) is 0 Å². The molecule has 0 aliphatic carbocycles. The molecular weight excluding hydrogens is 236 g/mol. The number of nitrogens with zero attached hydrogens (tertiary/aromatic N) is 3. The fraction of sp³-hybridized carbons (Fsp3) is 1.00. The van der Waals surface area contributed by atoms with Crippen LogP contribution in [0.5, 0.6) is 0 Å². The molecule has 2 aliphatic heterocycles. The van der Waals surface area contributed by atoms with E-state index < -0.39 is 0 Å². The third-order valence-corrected chi connectivity index (χ3v) is 5.00. The van der Waals surface area contributed by atoms with Crippen LogP contribution in [-0.2, 0) is 0 Å². The molecule has 2 rings (SSSR count). The zero-order chi connectivity index (χ0) is 13.7. The second kappa shape index (κ2) is 7.58. The van der Waals surface area contributed by atoms with Crippen molar-refractivity contribution in [3.05, 3.63) is 0 Å². The molecule has 2 aliphatic rings. The summed E-state index contributed by atoms with van der Waals surface area (Å²) >= 11 is 0. The fourth-order valence-corrected chi connectivity index (χ4v) is 3.39. The maximum atomic E-state index is 3.45. The van der Waals surface area contributed by atoms with Gasteiger partial charge in [-0.25, -0.2) is 0 Å². The number of likely N-dealkylation sites (N-methyl/N-ethyl adjacent to an activating group) is 2. The Kier molecular flexibility index (Phi) is 6.07. The minimum absolute atomic E-state index is 0.618. The molecule has 0 bridgehead atoms. The van der Waals surface area contributed by atoms with Crippen molar-refractivity contribution in [1.82, 2.24) is 20.0 Å². The lowest BCUT2D eigenvalue weighted by Crippen LogP contribution is -2.53. The van der Waals surface area contributed by atoms with Gasteiger partial charge in [0.2, 0.25) is 0 Å². The predicted octanol–water partition coefficient (Wildman–Crippen LogP) is 0.696. The van der Waals surface area contributed by atoms with Gasteiger partial charge in [-0.3, -0.25) is 9.80 Å². The number of likely N-dealkylation sites (tertiary alicyclic amines) is 1. The van der Waals surface area contributed by atoms with E-state index >= 15 is 0 Å². The first-order valence-electron chi connectivity index (χ1n) is 8.03. The van der Waals surface area contributed by atoms with E-state index in [9.17, 15) is 0 Å². The highest BCUT2D eigenvalue weighted by atomic mass is 15.3. The van der Waals surface area contributed by atoms with E-state index in [4.69, 9.17) is 0 Å². The van der Waals surface area contributed by atoms with Gasteiger partial charge in [-0.15, -0.1) is 0 Å². The first-order valence-corrected chi connectivity index (χ1v) is 8.03. The van der Waals surface area contributed by atoms with Crippen molar-refractivity contribution in [2.75, 3.05) is 59.9 Å². The molecule has 2 fully saturated rings. The van der Waals surface area contributed by atoms with Gasteiger partial charge in [0.05, 0.1) is 0 Å². The van der Waals surface area contributed by atoms with Crippen molar-refractivity contribution in [1.29, 1.82) is 0 Å². The average molecular weight is 268 g/mol. The highest BCUT2D eigenvalue weighted by Gasteiger charge is 2.26. The van der Waals surface area contributed by atoms with Crippen molar-refractivity contribution in [2.45, 2.75) is 38.3 Å². The van der Waals surface area contributed by atoms with Crippen LogP contribution >= 0.6 is 0 Å². The molecule has 2 saturated heterocycles. The van der Waals surface area contributed by atoms with Crippen LogP contribution in [0.1, 0.15) is 26.2 Å². The van der Waals surface area contributed by atoms with Crippen molar-refractivity contribution < 1.29 is 0 Å². The summed E-state index contributed by atoms with van der Waals surface area (Å²) in [6, 6.07) is 1.36. The molecule has 4 heteroatoms. The lowest BCUT2D eigenvalue weighted by molar-refractivity contribution is 0.0886. The second-order valence-corrected chi connectivity index (χ2v) is 6.32. The molecule has 0 aromatic rings. The summed E-state index contributed by atoms with van der Waals surface area (Å²) in [6.45, 7) is 11.1. The third-order valence-electron chi connectivity index (χ3n) is 5.00. The lowest BCUT2D eigenvalue weighted by atomic mass is 9.96. The zero-order valence-corrected chi connectivity index (χ0v) is 13.1.